The van der Waals surface area contributed by atoms with E-state index in [1.54, 1.807) is 6.07 Å². The molecule has 0 amide bonds. The van der Waals surface area contributed by atoms with Crippen LogP contribution in [0.5, 0.6) is 5.75 Å². The molecule has 25 heavy (non-hydrogen) atoms. The van der Waals surface area contributed by atoms with Crippen LogP contribution >= 0.6 is 0 Å². The Hall–Kier alpha value is -3.32. The van der Waals surface area contributed by atoms with Gasteiger partial charge in [0.2, 0.25) is 11.6 Å². The molecule has 0 saturated heterocycles. The van der Waals surface area contributed by atoms with E-state index < -0.39 is 6.17 Å². The van der Waals surface area contributed by atoms with Gasteiger partial charge in [-0.1, -0.05) is 47.9 Å². The van der Waals surface area contributed by atoms with Crippen LogP contribution in [-0.4, -0.2) is 29.2 Å². The lowest BCUT2D eigenvalue weighted by molar-refractivity contribution is 0.0615. The number of hydroxylamine groups is 1. The molecule has 0 aromatic heterocycles. The Bertz CT molecular complexity index is 979. The number of ketones is 1. The molecular formula is C18H12N4O3. The van der Waals surface area contributed by atoms with Gasteiger partial charge in [-0.15, -0.1) is 0 Å². The summed E-state index contributed by atoms with van der Waals surface area (Å²) in [6.45, 7) is 0.383. The molecule has 3 aliphatic rings. The van der Waals surface area contributed by atoms with E-state index >= 15 is 0 Å². The maximum atomic E-state index is 12.8. The second-order valence-corrected chi connectivity index (χ2v) is 5.78. The Balaban J connectivity index is 1.53. The highest BCUT2D eigenvalue weighted by Crippen LogP contribution is 2.32. The molecule has 2 aromatic rings. The van der Waals surface area contributed by atoms with Crippen LogP contribution in [-0.2, 0) is 11.5 Å². The SMILES string of the molecule is O=C1C2=NC3=NONC3N=C2c2cccc(OCc3ccccc3)c21. The first-order chi connectivity index (χ1) is 12.3. The summed E-state index contributed by atoms with van der Waals surface area (Å²) < 4.78 is 5.90. The van der Waals surface area contributed by atoms with Crippen molar-refractivity contribution in [3.63, 3.8) is 0 Å². The molecule has 2 aliphatic heterocycles. The lowest BCUT2D eigenvalue weighted by atomic mass is 10.1. The molecule has 122 valence electrons. The topological polar surface area (TPSA) is 84.6 Å². The zero-order valence-electron chi connectivity index (χ0n) is 13.0. The predicted octanol–water partition coefficient (Wildman–Crippen LogP) is 1.88. The number of ether oxygens (including phenoxy) is 1. The first-order valence-corrected chi connectivity index (χ1v) is 7.82. The molecular weight excluding hydrogens is 320 g/mol. The fourth-order valence-electron chi connectivity index (χ4n) is 3.04. The first kappa shape index (κ1) is 14.1. The summed E-state index contributed by atoms with van der Waals surface area (Å²) in [6, 6.07) is 15.3. The fraction of sp³-hybridized carbons (Fsp3) is 0.111. The van der Waals surface area contributed by atoms with Gasteiger partial charge in [-0.05, 0) is 16.8 Å². The Morgan fingerprint density at radius 2 is 1.96 bits per heavy atom. The minimum absolute atomic E-state index is 0.203. The van der Waals surface area contributed by atoms with Crippen molar-refractivity contribution in [2.75, 3.05) is 0 Å². The van der Waals surface area contributed by atoms with Gasteiger partial charge in [0, 0.05) is 5.56 Å². The highest BCUT2D eigenvalue weighted by Gasteiger charge is 2.41. The number of amidine groups is 1. The number of fused-ring (bicyclic) bond motifs is 4. The van der Waals surface area contributed by atoms with Crippen LogP contribution in [0.4, 0.5) is 0 Å². The molecule has 0 bridgehead atoms. The van der Waals surface area contributed by atoms with Crippen molar-refractivity contribution < 1.29 is 14.5 Å². The molecule has 5 rings (SSSR count). The summed E-state index contributed by atoms with van der Waals surface area (Å²) in [4.78, 5) is 26.4. The summed E-state index contributed by atoms with van der Waals surface area (Å²) in [5.74, 6) is 0.680. The standard InChI is InChI=1S/C18H12N4O3/c23-16-13-11(14-15(16)20-18-17(19-14)21-25-22-18)7-4-8-12(13)24-9-10-5-2-1-3-6-10/h1-8,17,21H,9H2. The van der Waals surface area contributed by atoms with Crippen molar-refractivity contribution in [3.05, 3.63) is 65.2 Å². The van der Waals surface area contributed by atoms with Crippen molar-refractivity contribution in [2.24, 2.45) is 15.1 Å². The zero-order valence-corrected chi connectivity index (χ0v) is 13.0. The summed E-state index contributed by atoms with van der Waals surface area (Å²) in [5, 5.41) is 3.74. The Morgan fingerprint density at radius 1 is 1.08 bits per heavy atom. The molecule has 0 saturated carbocycles. The number of hydrogen-bond acceptors (Lipinski definition) is 7. The van der Waals surface area contributed by atoms with Crippen LogP contribution < -0.4 is 10.2 Å². The average Bonchev–Trinajstić information content (AvgIpc) is 3.22. The fourth-order valence-corrected chi connectivity index (χ4v) is 3.04. The number of nitrogens with one attached hydrogen (secondary N) is 1. The molecule has 1 atom stereocenters. The normalized spacial score (nSPS) is 19.9. The van der Waals surface area contributed by atoms with Crippen molar-refractivity contribution in [3.8, 4) is 5.75 Å². The summed E-state index contributed by atoms with van der Waals surface area (Å²) in [5.41, 5.74) is 5.72. The van der Waals surface area contributed by atoms with E-state index in [0.29, 0.717) is 29.5 Å². The van der Waals surface area contributed by atoms with Crippen molar-refractivity contribution in [2.45, 2.75) is 12.8 Å². The maximum Gasteiger partial charge on any atom is 0.218 e. The molecule has 2 heterocycles. The van der Waals surface area contributed by atoms with Crippen LogP contribution in [0.15, 0.2) is 63.7 Å². The number of carbonyl (C=O) groups excluding carboxylic acids is 1. The van der Waals surface area contributed by atoms with Gasteiger partial charge in [0.05, 0.1) is 11.3 Å². The van der Waals surface area contributed by atoms with E-state index in [4.69, 9.17) is 9.68 Å². The minimum Gasteiger partial charge on any atom is -0.488 e. The Kier molecular flexibility index (Phi) is 3.01. The van der Waals surface area contributed by atoms with E-state index in [2.05, 4.69) is 20.6 Å². The molecule has 2 aromatic carbocycles. The van der Waals surface area contributed by atoms with E-state index in [0.717, 1.165) is 11.1 Å². The summed E-state index contributed by atoms with van der Waals surface area (Å²) in [6.07, 6.45) is -0.480. The first-order valence-electron chi connectivity index (χ1n) is 7.82. The number of aliphatic imine (C=N–C) groups is 2. The number of hydrogen-bond donors (Lipinski definition) is 1. The number of Topliss-reactive ketones (excluding diaryl/α,β-unsaturated/α-hetero) is 1. The third-order valence-electron chi connectivity index (χ3n) is 4.22. The number of carbonyl (C=O) groups is 1. The lowest BCUT2D eigenvalue weighted by Crippen LogP contribution is -2.34. The molecule has 0 spiro atoms. The van der Waals surface area contributed by atoms with Gasteiger partial charge in [0.15, 0.2) is 6.17 Å². The van der Waals surface area contributed by atoms with E-state index in [-0.39, 0.29) is 11.5 Å². The van der Waals surface area contributed by atoms with Crippen molar-refractivity contribution in [1.29, 1.82) is 0 Å². The van der Waals surface area contributed by atoms with Gasteiger partial charge in [0.25, 0.3) is 0 Å². The number of benzene rings is 2. The highest BCUT2D eigenvalue weighted by molar-refractivity contribution is 6.79. The van der Waals surface area contributed by atoms with Crippen molar-refractivity contribution >= 4 is 23.0 Å². The highest BCUT2D eigenvalue weighted by atomic mass is 16.8. The Labute approximate surface area is 142 Å². The molecule has 0 radical (unpaired) electrons. The summed E-state index contributed by atoms with van der Waals surface area (Å²) >= 11 is 0. The molecule has 1 N–H and O–H groups in total. The van der Waals surface area contributed by atoms with Crippen LogP contribution in [0, 0.1) is 0 Å². The quantitative estimate of drug-likeness (QED) is 0.930. The van der Waals surface area contributed by atoms with Crippen LogP contribution in [0.25, 0.3) is 0 Å². The van der Waals surface area contributed by atoms with Gasteiger partial charge in [-0.3, -0.25) is 14.7 Å². The van der Waals surface area contributed by atoms with E-state index in [9.17, 15) is 4.79 Å². The van der Waals surface area contributed by atoms with E-state index in [1.807, 2.05) is 42.5 Å². The second kappa shape index (κ2) is 5.35. The van der Waals surface area contributed by atoms with Gasteiger partial charge in [0.1, 0.15) is 18.1 Å². The van der Waals surface area contributed by atoms with Gasteiger partial charge < -0.3 is 4.74 Å². The molecule has 0 fully saturated rings. The monoisotopic (exact) mass is 332 g/mol. The third kappa shape index (κ3) is 2.17. The van der Waals surface area contributed by atoms with Crippen LogP contribution in [0.2, 0.25) is 0 Å². The van der Waals surface area contributed by atoms with Crippen LogP contribution in [0.3, 0.4) is 0 Å². The lowest BCUT2D eigenvalue weighted by Gasteiger charge is -2.11. The largest absolute Gasteiger partial charge is 0.488 e. The van der Waals surface area contributed by atoms with Gasteiger partial charge in [-0.25, -0.2) is 4.99 Å². The average molecular weight is 332 g/mol. The third-order valence-corrected chi connectivity index (χ3v) is 4.22. The Morgan fingerprint density at radius 3 is 2.84 bits per heavy atom. The van der Waals surface area contributed by atoms with E-state index in [1.165, 1.54) is 0 Å². The number of rotatable bonds is 3. The smallest absolute Gasteiger partial charge is 0.218 e. The second-order valence-electron chi connectivity index (χ2n) is 5.78. The number of nitrogens with zero attached hydrogens (tertiary/aromatic N) is 3. The number of oxime groups is 1. The minimum atomic E-state index is -0.480. The molecule has 7 nitrogen and oxygen atoms in total. The molecule has 1 unspecified atom stereocenters. The maximum absolute atomic E-state index is 12.8. The van der Waals surface area contributed by atoms with Gasteiger partial charge >= 0.3 is 0 Å². The van der Waals surface area contributed by atoms with Gasteiger partial charge in [-0.2, -0.15) is 0 Å². The molecule has 7 heteroatoms. The summed E-state index contributed by atoms with van der Waals surface area (Å²) in [7, 11) is 0. The zero-order chi connectivity index (χ0) is 16.8. The van der Waals surface area contributed by atoms with Crippen LogP contribution in [0.1, 0.15) is 21.5 Å². The predicted molar refractivity (Wildman–Crippen MR) is 91.0 cm³/mol. The van der Waals surface area contributed by atoms with Crippen molar-refractivity contribution in [1.82, 2.24) is 5.48 Å². The molecule has 1 aliphatic carbocycles.